The molecular formula is C23H17F6N3O2. The molecule has 0 radical (unpaired) electrons. The van der Waals surface area contributed by atoms with Crippen molar-refractivity contribution < 1.29 is 35.9 Å². The van der Waals surface area contributed by atoms with E-state index in [-0.39, 0.29) is 29.2 Å². The maximum Gasteiger partial charge on any atom is 0.416 e. The minimum Gasteiger partial charge on any atom is -0.376 e. The van der Waals surface area contributed by atoms with E-state index in [0.717, 1.165) is 30.3 Å². The maximum absolute atomic E-state index is 12.8. The summed E-state index contributed by atoms with van der Waals surface area (Å²) in [6, 6.07) is 14.1. The number of alkyl halides is 6. The SMILES string of the molecule is O=C(CNc1cccc(C(F)(F)F)c1)Nc1cccc(C(=O)Nc2cccc(C(F)(F)F)c2)c1. The van der Waals surface area contributed by atoms with E-state index in [2.05, 4.69) is 16.0 Å². The Morgan fingerprint density at radius 3 is 1.74 bits per heavy atom. The molecule has 0 aliphatic rings. The first-order valence-corrected chi connectivity index (χ1v) is 9.71. The number of rotatable bonds is 6. The Labute approximate surface area is 189 Å². The summed E-state index contributed by atoms with van der Waals surface area (Å²) in [5, 5.41) is 7.43. The fourth-order valence-corrected chi connectivity index (χ4v) is 2.91. The average Bonchev–Trinajstić information content (AvgIpc) is 2.77. The second-order valence-corrected chi connectivity index (χ2v) is 7.09. The number of carbonyl (C=O) groups is 2. The van der Waals surface area contributed by atoms with Gasteiger partial charge in [-0.15, -0.1) is 0 Å². The number of amides is 2. The lowest BCUT2D eigenvalue weighted by Gasteiger charge is -2.12. The Bertz CT molecular complexity index is 1190. The molecule has 0 fully saturated rings. The Morgan fingerprint density at radius 1 is 0.647 bits per heavy atom. The molecule has 0 aromatic heterocycles. The summed E-state index contributed by atoms with van der Waals surface area (Å²) in [6.07, 6.45) is -9.08. The van der Waals surface area contributed by atoms with Crippen LogP contribution in [-0.2, 0) is 17.1 Å². The number of anilines is 3. The minimum atomic E-state index is -4.56. The number of benzene rings is 3. The van der Waals surface area contributed by atoms with Gasteiger partial charge < -0.3 is 16.0 Å². The van der Waals surface area contributed by atoms with Gasteiger partial charge in [-0.2, -0.15) is 26.3 Å². The molecule has 2 amide bonds. The Kier molecular flexibility index (Phi) is 7.14. The van der Waals surface area contributed by atoms with Gasteiger partial charge in [-0.1, -0.05) is 18.2 Å². The van der Waals surface area contributed by atoms with Crippen molar-refractivity contribution in [2.24, 2.45) is 0 Å². The van der Waals surface area contributed by atoms with Gasteiger partial charge in [-0.25, -0.2) is 0 Å². The Morgan fingerprint density at radius 2 is 1.15 bits per heavy atom. The largest absolute Gasteiger partial charge is 0.416 e. The number of hydrogen-bond acceptors (Lipinski definition) is 3. The van der Waals surface area contributed by atoms with Crippen LogP contribution in [0.5, 0.6) is 0 Å². The highest BCUT2D eigenvalue weighted by Crippen LogP contribution is 2.31. The van der Waals surface area contributed by atoms with Crippen molar-refractivity contribution in [3.8, 4) is 0 Å². The Hall–Kier alpha value is -4.02. The smallest absolute Gasteiger partial charge is 0.376 e. The first kappa shape index (κ1) is 24.6. The quantitative estimate of drug-likeness (QED) is 0.377. The van der Waals surface area contributed by atoms with Crippen LogP contribution in [-0.4, -0.2) is 18.4 Å². The molecule has 3 aromatic rings. The maximum atomic E-state index is 12.8. The lowest BCUT2D eigenvalue weighted by atomic mass is 10.1. The van der Waals surface area contributed by atoms with Crippen molar-refractivity contribution in [2.45, 2.75) is 12.4 Å². The molecule has 11 heteroatoms. The molecule has 3 N–H and O–H groups in total. The van der Waals surface area contributed by atoms with Gasteiger partial charge in [0, 0.05) is 22.6 Å². The molecule has 3 aromatic carbocycles. The van der Waals surface area contributed by atoms with Crippen molar-refractivity contribution >= 4 is 28.9 Å². The summed E-state index contributed by atoms with van der Waals surface area (Å²) in [6.45, 7) is -0.345. The third-order valence-corrected chi connectivity index (χ3v) is 4.50. The highest BCUT2D eigenvalue weighted by atomic mass is 19.4. The van der Waals surface area contributed by atoms with Gasteiger partial charge in [-0.05, 0) is 54.6 Å². The van der Waals surface area contributed by atoms with Crippen LogP contribution in [0, 0.1) is 0 Å². The molecule has 0 bridgehead atoms. The zero-order chi connectivity index (χ0) is 24.9. The molecule has 178 valence electrons. The first-order chi connectivity index (χ1) is 15.9. The summed E-state index contributed by atoms with van der Waals surface area (Å²) in [5.41, 5.74) is -1.45. The van der Waals surface area contributed by atoms with E-state index in [1.54, 1.807) is 0 Å². The van der Waals surface area contributed by atoms with E-state index in [0.29, 0.717) is 0 Å². The third-order valence-electron chi connectivity index (χ3n) is 4.50. The van der Waals surface area contributed by atoms with Crippen LogP contribution in [0.1, 0.15) is 21.5 Å². The van der Waals surface area contributed by atoms with Gasteiger partial charge in [-0.3, -0.25) is 9.59 Å². The second-order valence-electron chi connectivity index (χ2n) is 7.09. The second kappa shape index (κ2) is 9.86. The van der Waals surface area contributed by atoms with Crippen molar-refractivity contribution in [1.29, 1.82) is 0 Å². The van der Waals surface area contributed by atoms with E-state index >= 15 is 0 Å². The third kappa shape index (κ3) is 6.74. The van der Waals surface area contributed by atoms with Crippen LogP contribution >= 0.6 is 0 Å². The standard InChI is InChI=1S/C23H17F6N3O2/c24-22(25,26)15-5-2-7-17(11-15)30-13-20(33)31-18-8-1-4-14(10-18)21(34)32-19-9-3-6-16(12-19)23(27,28)29/h1-12,30H,13H2,(H,31,33)(H,32,34). The van der Waals surface area contributed by atoms with Crippen LogP contribution in [0.2, 0.25) is 0 Å². The van der Waals surface area contributed by atoms with Gasteiger partial charge in [0.1, 0.15) is 0 Å². The summed E-state index contributed by atoms with van der Waals surface area (Å²) >= 11 is 0. The fourth-order valence-electron chi connectivity index (χ4n) is 2.91. The van der Waals surface area contributed by atoms with Crippen LogP contribution in [0.15, 0.2) is 72.8 Å². The van der Waals surface area contributed by atoms with Gasteiger partial charge >= 0.3 is 12.4 Å². The van der Waals surface area contributed by atoms with Gasteiger partial charge in [0.2, 0.25) is 5.91 Å². The van der Waals surface area contributed by atoms with Gasteiger partial charge in [0.05, 0.1) is 17.7 Å². The highest BCUT2D eigenvalue weighted by molar-refractivity contribution is 6.05. The van der Waals surface area contributed by atoms with Gasteiger partial charge in [0.25, 0.3) is 5.91 Å². The topological polar surface area (TPSA) is 70.2 Å². The lowest BCUT2D eigenvalue weighted by Crippen LogP contribution is -2.22. The molecule has 34 heavy (non-hydrogen) atoms. The molecule has 5 nitrogen and oxygen atoms in total. The predicted molar refractivity (Wildman–Crippen MR) is 114 cm³/mol. The molecule has 0 atom stereocenters. The molecular weight excluding hydrogens is 464 g/mol. The molecule has 0 saturated heterocycles. The van der Waals surface area contributed by atoms with Crippen LogP contribution in [0.25, 0.3) is 0 Å². The normalized spacial score (nSPS) is 11.6. The first-order valence-electron chi connectivity index (χ1n) is 9.71. The van der Waals surface area contributed by atoms with Crippen LogP contribution < -0.4 is 16.0 Å². The zero-order valence-electron chi connectivity index (χ0n) is 17.2. The van der Waals surface area contributed by atoms with Gasteiger partial charge in [0.15, 0.2) is 0 Å². The predicted octanol–water partition coefficient (Wildman–Crippen LogP) is 6.03. The van der Waals surface area contributed by atoms with E-state index in [9.17, 15) is 35.9 Å². The fraction of sp³-hybridized carbons (Fsp3) is 0.130. The van der Waals surface area contributed by atoms with E-state index in [1.807, 2.05) is 0 Å². The van der Waals surface area contributed by atoms with Crippen molar-refractivity contribution in [1.82, 2.24) is 0 Å². The molecule has 0 aliphatic heterocycles. The molecule has 0 spiro atoms. The summed E-state index contributed by atoms with van der Waals surface area (Å²) in [5.74, 6) is -1.29. The van der Waals surface area contributed by atoms with Crippen LogP contribution in [0.4, 0.5) is 43.4 Å². The molecule has 3 rings (SSSR count). The van der Waals surface area contributed by atoms with E-state index < -0.39 is 35.3 Å². The Balaban J connectivity index is 1.61. The summed E-state index contributed by atoms with van der Waals surface area (Å²) in [4.78, 5) is 24.6. The molecule has 0 aliphatic carbocycles. The number of carbonyl (C=O) groups excluding carboxylic acids is 2. The lowest BCUT2D eigenvalue weighted by molar-refractivity contribution is -0.138. The number of halogens is 6. The summed E-state index contributed by atoms with van der Waals surface area (Å²) < 4.78 is 76.8. The number of nitrogens with one attached hydrogen (secondary N) is 3. The van der Waals surface area contributed by atoms with E-state index in [4.69, 9.17) is 0 Å². The average molecular weight is 481 g/mol. The molecule has 0 saturated carbocycles. The molecule has 0 heterocycles. The summed E-state index contributed by atoms with van der Waals surface area (Å²) in [7, 11) is 0. The van der Waals surface area contributed by atoms with Crippen molar-refractivity contribution in [2.75, 3.05) is 22.5 Å². The monoisotopic (exact) mass is 481 g/mol. The zero-order valence-corrected chi connectivity index (χ0v) is 17.2. The van der Waals surface area contributed by atoms with E-state index in [1.165, 1.54) is 42.5 Å². The minimum absolute atomic E-state index is 0.0560. The van der Waals surface area contributed by atoms with Crippen molar-refractivity contribution in [3.05, 3.63) is 89.5 Å². The van der Waals surface area contributed by atoms with Crippen molar-refractivity contribution in [3.63, 3.8) is 0 Å². The highest BCUT2D eigenvalue weighted by Gasteiger charge is 2.31. The number of hydrogen-bond donors (Lipinski definition) is 3. The van der Waals surface area contributed by atoms with Crippen LogP contribution in [0.3, 0.4) is 0 Å². The molecule has 0 unspecified atom stereocenters.